The summed E-state index contributed by atoms with van der Waals surface area (Å²) < 4.78 is 25.9. The third-order valence-corrected chi connectivity index (χ3v) is 5.41. The van der Waals surface area contributed by atoms with E-state index in [2.05, 4.69) is 17.0 Å². The van der Waals surface area contributed by atoms with Crippen molar-refractivity contribution in [2.75, 3.05) is 24.6 Å². The molecule has 1 saturated carbocycles. The van der Waals surface area contributed by atoms with E-state index in [1.807, 2.05) is 0 Å². The number of hydrogen-bond acceptors (Lipinski definition) is 4. The maximum atomic E-state index is 11.8. The molecule has 1 aliphatic carbocycles. The fraction of sp³-hybridized carbons (Fsp3) is 0.571. The van der Waals surface area contributed by atoms with Gasteiger partial charge in [0.25, 0.3) is 0 Å². The van der Waals surface area contributed by atoms with E-state index in [1.165, 1.54) is 38.8 Å². The molecule has 1 aromatic carbocycles. The lowest BCUT2D eigenvalue weighted by Crippen LogP contribution is -2.20. The molecule has 20 heavy (non-hydrogen) atoms. The first kappa shape index (κ1) is 15.1. The molecule has 1 aromatic rings. The van der Waals surface area contributed by atoms with Crippen LogP contribution in [0.25, 0.3) is 0 Å². The molecule has 0 atom stereocenters. The lowest BCUT2D eigenvalue weighted by Gasteiger charge is -2.17. The number of benzene rings is 1. The van der Waals surface area contributed by atoms with Gasteiger partial charge in [0.15, 0.2) is 0 Å². The summed E-state index contributed by atoms with van der Waals surface area (Å²) in [4.78, 5) is 0.233. The minimum Gasteiger partial charge on any atom is -0.397 e. The molecule has 0 unspecified atom stereocenters. The molecule has 0 amide bonds. The van der Waals surface area contributed by atoms with Crippen LogP contribution in [0.3, 0.4) is 0 Å². The topological polar surface area (TPSA) is 84.2 Å². The maximum absolute atomic E-state index is 11.8. The third-order valence-electron chi connectivity index (χ3n) is 4.00. The highest BCUT2D eigenvalue weighted by atomic mass is 32.2. The molecule has 6 heteroatoms. The first-order valence-corrected chi connectivity index (χ1v) is 8.48. The minimum atomic E-state index is -3.43. The maximum Gasteiger partial charge on any atom is 0.240 e. The first-order valence-electron chi connectivity index (χ1n) is 6.99. The lowest BCUT2D eigenvalue weighted by atomic mass is 10.0. The summed E-state index contributed by atoms with van der Waals surface area (Å²) >= 11 is 0. The molecule has 112 valence electrons. The van der Waals surface area contributed by atoms with Gasteiger partial charge >= 0.3 is 0 Å². The van der Waals surface area contributed by atoms with Crippen LogP contribution in [0.2, 0.25) is 0 Å². The Balaban J connectivity index is 2.14. The van der Waals surface area contributed by atoms with Gasteiger partial charge in [-0.15, -0.1) is 0 Å². The highest BCUT2D eigenvalue weighted by Crippen LogP contribution is 2.49. The Morgan fingerprint density at radius 3 is 2.60 bits per heavy atom. The van der Waals surface area contributed by atoms with Gasteiger partial charge in [-0.1, -0.05) is 13.3 Å². The zero-order chi connectivity index (χ0) is 14.8. The molecular weight excluding hydrogens is 274 g/mol. The summed E-state index contributed by atoms with van der Waals surface area (Å²) in [6.45, 7) is 3.04. The van der Waals surface area contributed by atoms with Crippen LogP contribution in [-0.2, 0) is 10.0 Å². The van der Waals surface area contributed by atoms with E-state index in [-0.39, 0.29) is 4.90 Å². The third kappa shape index (κ3) is 3.24. The predicted octanol–water partition coefficient (Wildman–Crippen LogP) is 2.17. The van der Waals surface area contributed by atoms with E-state index in [0.717, 1.165) is 6.54 Å². The zero-order valence-electron chi connectivity index (χ0n) is 12.1. The Morgan fingerprint density at radius 1 is 1.35 bits per heavy atom. The predicted molar refractivity (Wildman–Crippen MR) is 82.2 cm³/mol. The van der Waals surface area contributed by atoms with Crippen molar-refractivity contribution in [1.29, 1.82) is 0 Å². The van der Waals surface area contributed by atoms with Crippen molar-refractivity contribution in [1.82, 2.24) is 4.72 Å². The van der Waals surface area contributed by atoms with E-state index in [9.17, 15) is 8.42 Å². The molecule has 5 nitrogen and oxygen atoms in total. The smallest absolute Gasteiger partial charge is 0.240 e. The quantitative estimate of drug-likeness (QED) is 0.673. The van der Waals surface area contributed by atoms with Crippen LogP contribution in [0.15, 0.2) is 23.1 Å². The largest absolute Gasteiger partial charge is 0.397 e. The van der Waals surface area contributed by atoms with Crippen LogP contribution in [-0.4, -0.2) is 22.0 Å². The van der Waals surface area contributed by atoms with Gasteiger partial charge in [-0.2, -0.15) is 0 Å². The molecule has 0 saturated heterocycles. The molecule has 4 N–H and O–H groups in total. The average molecular weight is 297 g/mol. The van der Waals surface area contributed by atoms with Gasteiger partial charge in [0.1, 0.15) is 0 Å². The Bertz CT molecular complexity index is 580. The Morgan fingerprint density at radius 2 is 2.05 bits per heavy atom. The van der Waals surface area contributed by atoms with Crippen molar-refractivity contribution in [3.05, 3.63) is 18.2 Å². The van der Waals surface area contributed by atoms with Crippen molar-refractivity contribution in [3.8, 4) is 0 Å². The van der Waals surface area contributed by atoms with Crippen LogP contribution in [0, 0.1) is 5.41 Å². The van der Waals surface area contributed by atoms with Crippen LogP contribution in [0.4, 0.5) is 11.4 Å². The van der Waals surface area contributed by atoms with Crippen molar-refractivity contribution >= 4 is 21.4 Å². The summed E-state index contributed by atoms with van der Waals surface area (Å²) in [6.07, 6.45) is 4.85. The van der Waals surface area contributed by atoms with Crippen LogP contribution in [0.5, 0.6) is 0 Å². The van der Waals surface area contributed by atoms with Crippen molar-refractivity contribution in [2.45, 2.75) is 37.5 Å². The van der Waals surface area contributed by atoms with E-state index in [4.69, 9.17) is 5.73 Å². The highest BCUT2D eigenvalue weighted by Gasteiger charge is 2.41. The summed E-state index contributed by atoms with van der Waals surface area (Å²) in [6, 6.07) is 4.75. The SMILES string of the molecule is CCCC1(CNc2cc(S(=O)(=O)NC)ccc2N)CC1. The molecule has 0 aliphatic heterocycles. The number of nitrogen functional groups attached to an aromatic ring is 1. The molecule has 0 bridgehead atoms. The van der Waals surface area contributed by atoms with Crippen LogP contribution >= 0.6 is 0 Å². The molecular formula is C14H23N3O2S. The highest BCUT2D eigenvalue weighted by molar-refractivity contribution is 7.89. The van der Waals surface area contributed by atoms with Gasteiger partial charge < -0.3 is 11.1 Å². The molecule has 0 heterocycles. The second kappa shape index (κ2) is 5.61. The van der Waals surface area contributed by atoms with Crippen molar-refractivity contribution in [2.24, 2.45) is 5.41 Å². The molecule has 0 spiro atoms. The fourth-order valence-electron chi connectivity index (χ4n) is 2.48. The van der Waals surface area contributed by atoms with Gasteiger partial charge in [-0.25, -0.2) is 13.1 Å². The number of sulfonamides is 1. The number of anilines is 2. The van der Waals surface area contributed by atoms with Crippen molar-refractivity contribution < 1.29 is 8.42 Å². The molecule has 0 aromatic heterocycles. The van der Waals surface area contributed by atoms with E-state index >= 15 is 0 Å². The summed E-state index contributed by atoms with van der Waals surface area (Å²) in [5.74, 6) is 0. The monoisotopic (exact) mass is 297 g/mol. The zero-order valence-corrected chi connectivity index (χ0v) is 12.9. The summed E-state index contributed by atoms with van der Waals surface area (Å²) in [5, 5.41) is 3.32. The number of nitrogens with two attached hydrogens (primary N) is 1. The molecule has 0 radical (unpaired) electrons. The van der Waals surface area contributed by atoms with Gasteiger partial charge in [0.2, 0.25) is 10.0 Å². The summed E-state index contributed by atoms with van der Waals surface area (Å²) in [5.41, 5.74) is 7.58. The summed E-state index contributed by atoms with van der Waals surface area (Å²) in [7, 11) is -2.03. The van der Waals surface area contributed by atoms with Crippen molar-refractivity contribution in [3.63, 3.8) is 0 Å². The van der Waals surface area contributed by atoms with E-state index in [0.29, 0.717) is 16.8 Å². The second-order valence-electron chi connectivity index (χ2n) is 5.56. The second-order valence-corrected chi connectivity index (χ2v) is 7.45. The first-order chi connectivity index (χ1) is 9.42. The normalized spacial score (nSPS) is 16.9. The number of rotatable bonds is 7. The fourth-order valence-corrected chi connectivity index (χ4v) is 3.23. The van der Waals surface area contributed by atoms with Gasteiger partial charge in [-0.05, 0) is 49.9 Å². The number of nitrogens with one attached hydrogen (secondary N) is 2. The molecule has 1 aliphatic rings. The Hall–Kier alpha value is -1.27. The van der Waals surface area contributed by atoms with Gasteiger partial charge in [-0.3, -0.25) is 0 Å². The standard InChI is InChI=1S/C14H23N3O2S/c1-3-6-14(7-8-14)10-17-13-9-11(4-5-12(13)15)20(18,19)16-2/h4-5,9,16-17H,3,6-8,10,15H2,1-2H3. The van der Waals surface area contributed by atoms with E-state index < -0.39 is 10.0 Å². The minimum absolute atomic E-state index is 0.233. The van der Waals surface area contributed by atoms with Gasteiger partial charge in [0, 0.05) is 6.54 Å². The molecule has 2 rings (SSSR count). The Labute approximate surface area is 121 Å². The molecule has 1 fully saturated rings. The van der Waals surface area contributed by atoms with Gasteiger partial charge in [0.05, 0.1) is 16.3 Å². The Kier molecular flexibility index (Phi) is 4.25. The lowest BCUT2D eigenvalue weighted by molar-refractivity contribution is 0.486. The van der Waals surface area contributed by atoms with E-state index in [1.54, 1.807) is 12.1 Å². The number of hydrogen-bond donors (Lipinski definition) is 3. The average Bonchev–Trinajstić information content (AvgIpc) is 3.18. The van der Waals surface area contributed by atoms with Crippen LogP contribution in [0.1, 0.15) is 32.6 Å². The van der Waals surface area contributed by atoms with Crippen LogP contribution < -0.4 is 15.8 Å².